The van der Waals surface area contributed by atoms with Gasteiger partial charge < -0.3 is 15.6 Å². The average Bonchev–Trinajstić information content (AvgIpc) is 2.37. The minimum Gasteiger partial charge on any atom is -0.487 e. The van der Waals surface area contributed by atoms with Gasteiger partial charge in [-0.3, -0.25) is 9.78 Å². The molecule has 0 aliphatic carbocycles. The van der Waals surface area contributed by atoms with Crippen molar-refractivity contribution in [2.45, 2.75) is 25.9 Å². The molecule has 0 radical (unpaired) electrons. The number of ether oxygens (including phenoxy) is 1. The first kappa shape index (κ1) is 17.2. The van der Waals surface area contributed by atoms with E-state index >= 15 is 0 Å². The number of carbonyl (C=O) groups excluding carboxylic acids is 1. The van der Waals surface area contributed by atoms with Gasteiger partial charge in [-0.2, -0.15) is 0 Å². The number of carbonyl (C=O) groups is 1. The summed E-state index contributed by atoms with van der Waals surface area (Å²) in [6.45, 7) is 3.69. The lowest BCUT2D eigenvalue weighted by Gasteiger charge is -2.26. The molecule has 2 aromatic rings. The van der Waals surface area contributed by atoms with Gasteiger partial charge in [-0.1, -0.05) is 6.07 Å². The Hall–Kier alpha value is -1.85. The van der Waals surface area contributed by atoms with Gasteiger partial charge >= 0.3 is 0 Å². The van der Waals surface area contributed by atoms with Crippen LogP contribution in [0, 0.1) is 0 Å². The summed E-state index contributed by atoms with van der Waals surface area (Å²) in [5.74, 6) is -0.160. The number of hydrogen-bond acceptors (Lipinski definition) is 4. The van der Waals surface area contributed by atoms with Crippen LogP contribution < -0.4 is 10.5 Å². The number of benzene rings is 1. The van der Waals surface area contributed by atoms with Crippen LogP contribution in [0.2, 0.25) is 0 Å². The Balaban J connectivity index is 0.00000220. The Kier molecular flexibility index (Phi) is 5.52. The van der Waals surface area contributed by atoms with Gasteiger partial charge in [-0.25, -0.2) is 0 Å². The number of amides is 1. The maximum absolute atomic E-state index is 11.6. The Morgan fingerprint density at radius 3 is 2.76 bits per heavy atom. The minimum absolute atomic E-state index is 0. The van der Waals surface area contributed by atoms with Gasteiger partial charge in [0.2, 0.25) is 0 Å². The molecule has 1 aromatic carbocycles. The summed E-state index contributed by atoms with van der Waals surface area (Å²) < 4.78 is 5.84. The quantitative estimate of drug-likeness (QED) is 0.887. The number of pyridine rings is 1. The van der Waals surface area contributed by atoms with Crippen LogP contribution >= 0.6 is 12.4 Å². The zero-order chi connectivity index (χ0) is 14.8. The van der Waals surface area contributed by atoms with Gasteiger partial charge in [0, 0.05) is 30.7 Å². The van der Waals surface area contributed by atoms with Gasteiger partial charge in [-0.05, 0) is 26.0 Å². The third-order valence-electron chi connectivity index (χ3n) is 3.07. The number of nitrogens with two attached hydrogens (primary N) is 1. The summed E-state index contributed by atoms with van der Waals surface area (Å²) in [5.41, 5.74) is 5.86. The first-order chi connectivity index (χ1) is 9.43. The molecule has 0 aliphatic rings. The summed E-state index contributed by atoms with van der Waals surface area (Å²) in [5, 5.41) is 9.87. The van der Waals surface area contributed by atoms with Crippen molar-refractivity contribution in [2.75, 3.05) is 6.61 Å². The van der Waals surface area contributed by atoms with Crippen molar-refractivity contribution in [1.29, 1.82) is 0 Å². The zero-order valence-electron chi connectivity index (χ0n) is 12.0. The number of fused-ring (bicyclic) bond motifs is 1. The highest BCUT2D eigenvalue weighted by Crippen LogP contribution is 2.28. The number of hydrogen-bond donors (Lipinski definition) is 2. The zero-order valence-corrected chi connectivity index (χ0v) is 12.8. The molecule has 0 unspecified atom stereocenters. The van der Waals surface area contributed by atoms with E-state index in [1.807, 2.05) is 19.9 Å². The van der Waals surface area contributed by atoms with Crippen LogP contribution in [0.3, 0.4) is 0 Å². The number of aliphatic hydroxyl groups is 1. The number of aromatic nitrogens is 1. The van der Waals surface area contributed by atoms with Crippen LogP contribution in [0.1, 0.15) is 30.6 Å². The number of halogens is 1. The van der Waals surface area contributed by atoms with E-state index in [0.29, 0.717) is 17.7 Å². The predicted molar refractivity (Wildman–Crippen MR) is 83.9 cm³/mol. The lowest BCUT2D eigenvalue weighted by atomic mass is 10.0. The fourth-order valence-corrected chi connectivity index (χ4v) is 2.00. The number of nitrogens with zero attached hydrogens (tertiary/aromatic N) is 1. The lowest BCUT2D eigenvalue weighted by Crippen LogP contribution is -2.30. The summed E-state index contributed by atoms with van der Waals surface area (Å²) in [4.78, 5) is 15.8. The van der Waals surface area contributed by atoms with Crippen LogP contribution in [0.4, 0.5) is 0 Å². The fraction of sp³-hybridized carbons (Fsp3) is 0.333. The summed E-state index contributed by atoms with van der Waals surface area (Å²) >= 11 is 0. The van der Waals surface area contributed by atoms with Crippen molar-refractivity contribution in [1.82, 2.24) is 4.98 Å². The molecule has 1 amide bonds. The largest absolute Gasteiger partial charge is 0.487 e. The van der Waals surface area contributed by atoms with Gasteiger partial charge in [-0.15, -0.1) is 12.4 Å². The van der Waals surface area contributed by atoms with Gasteiger partial charge in [0.25, 0.3) is 5.91 Å². The molecule has 0 fully saturated rings. The molecule has 0 spiro atoms. The summed E-state index contributed by atoms with van der Waals surface area (Å²) in [6, 6.07) is 7.03. The molecule has 1 aromatic heterocycles. The molecule has 0 bridgehead atoms. The van der Waals surface area contributed by atoms with E-state index in [9.17, 15) is 4.79 Å². The predicted octanol–water partition coefficient (Wildman–Crippen LogP) is 2.30. The standard InChI is InChI=1S/C15H18N2O3.ClH/c1-15(2,5-7-18)20-13-9-12-10(4-3-6-17-12)8-11(13)14(16)19;/h3-4,6,8-9,18H,5,7H2,1-2H3,(H2,16,19);1H. The number of rotatable bonds is 5. The monoisotopic (exact) mass is 310 g/mol. The van der Waals surface area contributed by atoms with E-state index in [4.69, 9.17) is 15.6 Å². The molecule has 5 nitrogen and oxygen atoms in total. The average molecular weight is 311 g/mol. The summed E-state index contributed by atoms with van der Waals surface area (Å²) in [6.07, 6.45) is 2.13. The smallest absolute Gasteiger partial charge is 0.252 e. The van der Waals surface area contributed by atoms with E-state index in [2.05, 4.69) is 4.98 Å². The molecular formula is C15H19ClN2O3. The van der Waals surface area contributed by atoms with E-state index in [1.165, 1.54) is 0 Å². The normalized spacial score (nSPS) is 11.0. The lowest BCUT2D eigenvalue weighted by molar-refractivity contribution is 0.0745. The van der Waals surface area contributed by atoms with Crippen molar-refractivity contribution in [3.05, 3.63) is 36.0 Å². The second-order valence-corrected chi connectivity index (χ2v) is 5.24. The van der Waals surface area contributed by atoms with Crippen LogP contribution in [-0.2, 0) is 0 Å². The molecule has 0 aliphatic heterocycles. The van der Waals surface area contributed by atoms with Crippen molar-refractivity contribution in [3.8, 4) is 5.75 Å². The van der Waals surface area contributed by atoms with E-state index in [1.54, 1.807) is 24.4 Å². The second kappa shape index (κ2) is 6.74. The van der Waals surface area contributed by atoms with E-state index < -0.39 is 11.5 Å². The van der Waals surface area contributed by atoms with Crippen LogP contribution in [-0.4, -0.2) is 28.2 Å². The molecule has 1 heterocycles. The van der Waals surface area contributed by atoms with Crippen molar-refractivity contribution in [3.63, 3.8) is 0 Å². The highest BCUT2D eigenvalue weighted by atomic mass is 35.5. The van der Waals surface area contributed by atoms with Gasteiger partial charge in [0.1, 0.15) is 11.4 Å². The van der Waals surface area contributed by atoms with Crippen LogP contribution in [0.25, 0.3) is 10.9 Å². The molecule has 21 heavy (non-hydrogen) atoms. The molecule has 0 atom stereocenters. The first-order valence-corrected chi connectivity index (χ1v) is 6.41. The molecule has 2 rings (SSSR count). The Morgan fingerprint density at radius 1 is 1.43 bits per heavy atom. The Morgan fingerprint density at radius 2 is 2.14 bits per heavy atom. The van der Waals surface area contributed by atoms with Crippen LogP contribution in [0.5, 0.6) is 5.75 Å². The van der Waals surface area contributed by atoms with Crippen molar-refractivity contribution < 1.29 is 14.6 Å². The maximum Gasteiger partial charge on any atom is 0.252 e. The second-order valence-electron chi connectivity index (χ2n) is 5.24. The Bertz CT molecular complexity index is 644. The fourth-order valence-electron chi connectivity index (χ4n) is 2.00. The highest BCUT2D eigenvalue weighted by Gasteiger charge is 2.22. The summed E-state index contributed by atoms with van der Waals surface area (Å²) in [7, 11) is 0. The third-order valence-corrected chi connectivity index (χ3v) is 3.07. The van der Waals surface area contributed by atoms with E-state index in [0.717, 1.165) is 10.9 Å². The Labute approximate surface area is 129 Å². The van der Waals surface area contributed by atoms with Gasteiger partial charge in [0.05, 0.1) is 11.1 Å². The van der Waals surface area contributed by atoms with Crippen molar-refractivity contribution >= 4 is 29.2 Å². The van der Waals surface area contributed by atoms with Gasteiger partial charge in [0.15, 0.2) is 0 Å². The highest BCUT2D eigenvalue weighted by molar-refractivity contribution is 6.00. The molecule has 6 heteroatoms. The van der Waals surface area contributed by atoms with Crippen molar-refractivity contribution in [2.24, 2.45) is 5.73 Å². The topological polar surface area (TPSA) is 85.4 Å². The number of primary amides is 1. The molecular weight excluding hydrogens is 292 g/mol. The molecule has 0 saturated heterocycles. The molecule has 3 N–H and O–H groups in total. The minimum atomic E-state index is -0.596. The van der Waals surface area contributed by atoms with E-state index in [-0.39, 0.29) is 19.0 Å². The first-order valence-electron chi connectivity index (χ1n) is 6.41. The maximum atomic E-state index is 11.6. The third kappa shape index (κ3) is 4.06. The molecule has 0 saturated carbocycles. The molecule has 114 valence electrons. The van der Waals surface area contributed by atoms with Crippen LogP contribution in [0.15, 0.2) is 30.5 Å². The SMILES string of the molecule is CC(C)(CCO)Oc1cc2ncccc2cc1C(N)=O.Cl. The number of aliphatic hydroxyl groups excluding tert-OH is 1.